The Bertz CT molecular complexity index is 1120. The smallest absolute Gasteiger partial charge is 0.286 e. The van der Waals surface area contributed by atoms with E-state index in [4.69, 9.17) is 5.73 Å². The van der Waals surface area contributed by atoms with Crippen LogP contribution < -0.4 is 5.73 Å². The number of primary amides is 1. The van der Waals surface area contributed by atoms with Gasteiger partial charge in [-0.05, 0) is 23.3 Å². The fraction of sp³-hybridized carbons (Fsp3) is 0. The second kappa shape index (κ2) is 6.84. The topological polar surface area (TPSA) is 73.8 Å². The number of nitrogens with two attached hydrogens (primary N) is 1. The molecule has 0 spiro atoms. The van der Waals surface area contributed by atoms with Gasteiger partial charge in [-0.25, -0.2) is 14.1 Å². The largest absolute Gasteiger partial charge is 0.363 e. The first kappa shape index (κ1) is 16.7. The van der Waals surface area contributed by atoms with E-state index < -0.39 is 5.91 Å². The van der Waals surface area contributed by atoms with E-state index in [0.717, 1.165) is 11.1 Å². The molecule has 0 aliphatic carbocycles. The molecule has 1 aromatic heterocycles. The van der Waals surface area contributed by atoms with Crippen LogP contribution in [0.2, 0.25) is 0 Å². The van der Waals surface area contributed by atoms with Crippen molar-refractivity contribution in [2.75, 3.05) is 0 Å². The molecule has 0 bridgehead atoms. The predicted octanol–water partition coefficient (Wildman–Crippen LogP) is 3.84. The number of carbonyl (C=O) groups is 1. The van der Waals surface area contributed by atoms with E-state index in [-0.39, 0.29) is 11.6 Å². The molecule has 132 valence electrons. The lowest BCUT2D eigenvalue weighted by molar-refractivity contribution is 0.0988. The Hall–Kier alpha value is -3.80. The van der Waals surface area contributed by atoms with Gasteiger partial charge in [0.15, 0.2) is 0 Å². The van der Waals surface area contributed by atoms with Gasteiger partial charge >= 0.3 is 0 Å². The number of carbonyl (C=O) groups excluding carboxylic acids is 1. The number of halogens is 1. The third-order valence-electron chi connectivity index (χ3n) is 4.27. The number of benzene rings is 3. The maximum absolute atomic E-state index is 14.7. The average molecular weight is 358 g/mol. The van der Waals surface area contributed by atoms with E-state index in [0.29, 0.717) is 16.8 Å². The number of hydrogen-bond acceptors (Lipinski definition) is 3. The van der Waals surface area contributed by atoms with Gasteiger partial charge in [0, 0.05) is 11.1 Å². The maximum Gasteiger partial charge on any atom is 0.286 e. The van der Waals surface area contributed by atoms with Gasteiger partial charge in [-0.2, -0.15) is 5.10 Å². The van der Waals surface area contributed by atoms with Crippen LogP contribution in [-0.2, 0) is 0 Å². The van der Waals surface area contributed by atoms with E-state index in [1.165, 1.54) is 17.1 Å². The summed E-state index contributed by atoms with van der Waals surface area (Å²) in [6.07, 6.45) is 1.25. The zero-order valence-electron chi connectivity index (χ0n) is 14.2. The molecule has 0 aliphatic rings. The van der Waals surface area contributed by atoms with E-state index in [1.54, 1.807) is 24.3 Å². The molecule has 5 nitrogen and oxygen atoms in total. The molecule has 0 unspecified atom stereocenters. The van der Waals surface area contributed by atoms with Crippen LogP contribution in [0.4, 0.5) is 4.39 Å². The van der Waals surface area contributed by atoms with Crippen molar-refractivity contribution in [1.82, 2.24) is 14.8 Å². The Balaban J connectivity index is 2.07. The molecule has 0 radical (unpaired) electrons. The van der Waals surface area contributed by atoms with E-state index in [9.17, 15) is 9.18 Å². The standard InChI is InChI=1S/C21H15FN4O/c22-17-11-5-4-9-16(17)19-15(14-7-2-1-3-8-14)10-6-12-18(19)26-21(20(23)27)24-13-25-26/h1-13H,(H2,23,27). The summed E-state index contributed by atoms with van der Waals surface area (Å²) in [6.45, 7) is 0. The normalized spacial score (nSPS) is 10.7. The van der Waals surface area contributed by atoms with Crippen molar-refractivity contribution in [3.63, 3.8) is 0 Å². The lowest BCUT2D eigenvalue weighted by atomic mass is 9.92. The molecule has 27 heavy (non-hydrogen) atoms. The summed E-state index contributed by atoms with van der Waals surface area (Å²) < 4.78 is 16.1. The zero-order valence-corrected chi connectivity index (χ0v) is 14.2. The van der Waals surface area contributed by atoms with Crippen LogP contribution in [0.1, 0.15) is 10.6 Å². The van der Waals surface area contributed by atoms with Crippen LogP contribution >= 0.6 is 0 Å². The van der Waals surface area contributed by atoms with Gasteiger partial charge in [0.2, 0.25) is 5.82 Å². The van der Waals surface area contributed by atoms with Gasteiger partial charge in [0.25, 0.3) is 5.91 Å². The van der Waals surface area contributed by atoms with Crippen molar-refractivity contribution in [1.29, 1.82) is 0 Å². The molecule has 4 aromatic rings. The Morgan fingerprint density at radius 1 is 0.889 bits per heavy atom. The molecule has 3 aromatic carbocycles. The van der Waals surface area contributed by atoms with Gasteiger partial charge in [-0.1, -0.05) is 60.7 Å². The number of rotatable bonds is 4. The number of amides is 1. The molecule has 0 saturated heterocycles. The molecule has 1 heterocycles. The van der Waals surface area contributed by atoms with E-state index in [2.05, 4.69) is 10.1 Å². The number of hydrogen-bond donors (Lipinski definition) is 1. The summed E-state index contributed by atoms with van der Waals surface area (Å²) in [5, 5.41) is 4.14. The lowest BCUT2D eigenvalue weighted by Gasteiger charge is -2.16. The highest BCUT2D eigenvalue weighted by molar-refractivity contribution is 5.92. The highest BCUT2D eigenvalue weighted by Gasteiger charge is 2.20. The number of aromatic nitrogens is 3. The fourth-order valence-electron chi connectivity index (χ4n) is 3.11. The van der Waals surface area contributed by atoms with Gasteiger partial charge in [-0.3, -0.25) is 4.79 Å². The second-order valence-corrected chi connectivity index (χ2v) is 5.91. The molecular formula is C21H15FN4O. The minimum Gasteiger partial charge on any atom is -0.363 e. The number of nitrogens with zero attached hydrogens (tertiary/aromatic N) is 3. The average Bonchev–Trinajstić information content (AvgIpc) is 3.19. The van der Waals surface area contributed by atoms with Crippen molar-refractivity contribution in [2.24, 2.45) is 5.73 Å². The molecule has 0 fully saturated rings. The first-order valence-electron chi connectivity index (χ1n) is 8.30. The minimum absolute atomic E-state index is 0.0159. The van der Waals surface area contributed by atoms with Crippen molar-refractivity contribution >= 4 is 5.91 Å². The quantitative estimate of drug-likeness (QED) is 0.602. The summed E-state index contributed by atoms with van der Waals surface area (Å²) in [4.78, 5) is 15.7. The first-order valence-corrected chi connectivity index (χ1v) is 8.30. The Kier molecular flexibility index (Phi) is 4.22. The van der Waals surface area contributed by atoms with Crippen LogP contribution in [0.25, 0.3) is 27.9 Å². The molecule has 0 saturated carbocycles. The molecule has 1 amide bonds. The Morgan fingerprint density at radius 2 is 1.59 bits per heavy atom. The molecular weight excluding hydrogens is 343 g/mol. The van der Waals surface area contributed by atoms with Gasteiger partial charge in [0.05, 0.1) is 5.69 Å². The third-order valence-corrected chi connectivity index (χ3v) is 4.27. The summed E-state index contributed by atoms with van der Waals surface area (Å²) in [7, 11) is 0. The summed E-state index contributed by atoms with van der Waals surface area (Å²) in [5.74, 6) is -1.10. The van der Waals surface area contributed by atoms with Crippen LogP contribution in [-0.4, -0.2) is 20.7 Å². The first-order chi connectivity index (χ1) is 13.2. The van der Waals surface area contributed by atoms with Crippen molar-refractivity contribution in [3.8, 4) is 27.9 Å². The summed E-state index contributed by atoms with van der Waals surface area (Å²) in [5.41, 5.74) is 8.68. The minimum atomic E-state index is -0.711. The SMILES string of the molecule is NC(=O)c1ncnn1-c1cccc(-c2ccccc2)c1-c1ccccc1F. The summed E-state index contributed by atoms with van der Waals surface area (Å²) >= 11 is 0. The Morgan fingerprint density at radius 3 is 2.33 bits per heavy atom. The monoisotopic (exact) mass is 358 g/mol. The molecule has 0 aliphatic heterocycles. The van der Waals surface area contributed by atoms with Gasteiger partial charge < -0.3 is 5.73 Å². The third kappa shape index (κ3) is 2.97. The van der Waals surface area contributed by atoms with Crippen LogP contribution in [0.15, 0.2) is 79.1 Å². The fourth-order valence-corrected chi connectivity index (χ4v) is 3.11. The highest BCUT2D eigenvalue weighted by atomic mass is 19.1. The zero-order chi connectivity index (χ0) is 18.8. The molecule has 4 rings (SSSR count). The maximum atomic E-state index is 14.7. The van der Waals surface area contributed by atoms with E-state index >= 15 is 0 Å². The Labute approximate surface area is 154 Å². The van der Waals surface area contributed by atoms with Crippen LogP contribution in [0.5, 0.6) is 0 Å². The van der Waals surface area contributed by atoms with E-state index in [1.807, 2.05) is 42.5 Å². The van der Waals surface area contributed by atoms with Crippen molar-refractivity contribution < 1.29 is 9.18 Å². The summed E-state index contributed by atoms with van der Waals surface area (Å²) in [6, 6.07) is 21.6. The lowest BCUT2D eigenvalue weighted by Crippen LogP contribution is -2.18. The molecule has 2 N–H and O–H groups in total. The van der Waals surface area contributed by atoms with Crippen LogP contribution in [0.3, 0.4) is 0 Å². The second-order valence-electron chi connectivity index (χ2n) is 5.91. The molecule has 6 heteroatoms. The van der Waals surface area contributed by atoms with Crippen molar-refractivity contribution in [2.45, 2.75) is 0 Å². The highest BCUT2D eigenvalue weighted by Crippen LogP contribution is 2.38. The van der Waals surface area contributed by atoms with Gasteiger partial charge in [0.1, 0.15) is 12.1 Å². The van der Waals surface area contributed by atoms with Crippen LogP contribution in [0, 0.1) is 5.82 Å². The van der Waals surface area contributed by atoms with Crippen molar-refractivity contribution in [3.05, 3.63) is 90.8 Å². The molecule has 0 atom stereocenters. The van der Waals surface area contributed by atoms with Gasteiger partial charge in [-0.15, -0.1) is 0 Å². The predicted molar refractivity (Wildman–Crippen MR) is 101 cm³/mol.